The maximum absolute atomic E-state index is 11.5. The monoisotopic (exact) mass is 205 g/mol. The van der Waals surface area contributed by atoms with Crippen LogP contribution in [0.3, 0.4) is 0 Å². The quantitative estimate of drug-likeness (QED) is 0.771. The molecule has 0 atom stereocenters. The lowest BCUT2D eigenvalue weighted by atomic mass is 10.2. The van der Waals surface area contributed by atoms with E-state index in [9.17, 15) is 4.79 Å². The zero-order valence-corrected chi connectivity index (χ0v) is 9.12. The van der Waals surface area contributed by atoms with Crippen LogP contribution in [0.2, 0.25) is 0 Å². The molecule has 0 radical (unpaired) electrons. The zero-order chi connectivity index (χ0) is 10.8. The maximum Gasteiger partial charge on any atom is 0.210 e. The van der Waals surface area contributed by atoms with Crippen molar-refractivity contribution in [1.29, 1.82) is 0 Å². The van der Waals surface area contributed by atoms with Gasteiger partial charge in [-0.2, -0.15) is 0 Å². The van der Waals surface area contributed by atoms with E-state index in [1.165, 1.54) is 0 Å². The van der Waals surface area contributed by atoms with E-state index in [0.29, 0.717) is 11.1 Å². The number of fused-ring (bicyclic) bond motifs is 1. The summed E-state index contributed by atoms with van der Waals surface area (Å²) in [5.41, 5.74) is 0.711. The first-order chi connectivity index (χ1) is 7.22. The van der Waals surface area contributed by atoms with Gasteiger partial charge in [0, 0.05) is 25.7 Å². The predicted molar refractivity (Wildman–Crippen MR) is 60.1 cm³/mol. The van der Waals surface area contributed by atoms with Gasteiger partial charge >= 0.3 is 0 Å². The molecule has 2 aromatic heterocycles. The molecule has 0 aromatic carbocycles. The van der Waals surface area contributed by atoms with Crippen molar-refractivity contribution in [2.24, 2.45) is 7.05 Å². The summed E-state index contributed by atoms with van der Waals surface area (Å²) >= 11 is 0. The highest BCUT2D eigenvalue weighted by molar-refractivity contribution is 5.74. The third-order valence-electron chi connectivity index (χ3n) is 2.58. The number of hydrogen-bond donors (Lipinski definition) is 0. The molecule has 0 amide bonds. The van der Waals surface area contributed by atoms with E-state index >= 15 is 0 Å². The Balaban J connectivity index is 2.50. The van der Waals surface area contributed by atoms with Gasteiger partial charge in [0.2, 0.25) is 5.71 Å². The second kappa shape index (κ2) is 3.93. The van der Waals surface area contributed by atoms with Gasteiger partial charge in [-0.25, -0.2) is 0 Å². The Kier molecular flexibility index (Phi) is 2.62. The van der Waals surface area contributed by atoms with Gasteiger partial charge in [0.05, 0.1) is 5.39 Å². The van der Waals surface area contributed by atoms with Gasteiger partial charge in [0.25, 0.3) is 0 Å². The van der Waals surface area contributed by atoms with Crippen molar-refractivity contribution in [2.75, 3.05) is 0 Å². The molecular weight excluding hydrogens is 190 g/mol. The van der Waals surface area contributed by atoms with Gasteiger partial charge in [-0.15, -0.1) is 0 Å². The molecule has 0 unspecified atom stereocenters. The Morgan fingerprint density at radius 1 is 1.47 bits per heavy atom. The summed E-state index contributed by atoms with van der Waals surface area (Å²) in [6.45, 7) is 2.14. The lowest BCUT2D eigenvalue weighted by Gasteiger charge is -1.96. The average Bonchev–Trinajstić information content (AvgIpc) is 2.66. The number of unbranched alkanes of at least 4 members (excludes halogenated alkanes) is 1. The van der Waals surface area contributed by atoms with Gasteiger partial charge < -0.3 is 8.98 Å². The highest BCUT2D eigenvalue weighted by Crippen LogP contribution is 2.16. The lowest BCUT2D eigenvalue weighted by molar-refractivity contribution is 0.516. The topological polar surface area (TPSA) is 35.1 Å². The summed E-state index contributed by atoms with van der Waals surface area (Å²) in [6, 6.07) is 3.44. The van der Waals surface area contributed by atoms with Crippen LogP contribution in [0.5, 0.6) is 0 Å². The highest BCUT2D eigenvalue weighted by atomic mass is 16.3. The molecule has 0 saturated carbocycles. The zero-order valence-electron chi connectivity index (χ0n) is 9.12. The molecule has 80 valence electrons. The molecule has 3 heteroatoms. The third kappa shape index (κ3) is 1.82. The molecule has 0 spiro atoms. The van der Waals surface area contributed by atoms with Gasteiger partial charge in [-0.05, 0) is 12.5 Å². The number of pyridine rings is 1. The molecule has 0 N–H and O–H groups in total. The molecule has 2 aromatic rings. The minimum Gasteiger partial charge on any atom is -0.444 e. The van der Waals surface area contributed by atoms with E-state index in [1.807, 2.05) is 17.7 Å². The fraction of sp³-hybridized carbons (Fsp3) is 0.417. The molecule has 15 heavy (non-hydrogen) atoms. The van der Waals surface area contributed by atoms with Gasteiger partial charge in [-0.3, -0.25) is 4.79 Å². The summed E-state index contributed by atoms with van der Waals surface area (Å²) in [6.07, 6.45) is 4.87. The Bertz CT molecular complexity index is 522. The van der Waals surface area contributed by atoms with Gasteiger partial charge in [0.15, 0.2) is 5.43 Å². The van der Waals surface area contributed by atoms with Crippen molar-refractivity contribution in [2.45, 2.75) is 26.2 Å². The summed E-state index contributed by atoms with van der Waals surface area (Å²) in [5.74, 6) is 0.908. The van der Waals surface area contributed by atoms with Crippen molar-refractivity contribution in [3.63, 3.8) is 0 Å². The van der Waals surface area contributed by atoms with Crippen LogP contribution in [0.15, 0.2) is 27.5 Å². The molecule has 2 rings (SSSR count). The number of rotatable bonds is 3. The van der Waals surface area contributed by atoms with Crippen LogP contribution in [-0.2, 0) is 13.5 Å². The summed E-state index contributed by atoms with van der Waals surface area (Å²) in [4.78, 5) is 11.5. The number of furan rings is 1. The van der Waals surface area contributed by atoms with E-state index in [4.69, 9.17) is 4.42 Å². The normalized spacial score (nSPS) is 11.1. The SMILES string of the molecule is CCCCc1cc2c(=O)ccn(C)c2o1. The third-order valence-corrected chi connectivity index (χ3v) is 2.58. The minimum atomic E-state index is 0.0367. The fourth-order valence-electron chi connectivity index (χ4n) is 1.68. The van der Waals surface area contributed by atoms with Crippen molar-refractivity contribution in [3.05, 3.63) is 34.3 Å². The first-order valence-corrected chi connectivity index (χ1v) is 5.30. The van der Waals surface area contributed by atoms with Gasteiger partial charge in [-0.1, -0.05) is 13.3 Å². The molecule has 0 aliphatic carbocycles. The average molecular weight is 205 g/mol. The fourth-order valence-corrected chi connectivity index (χ4v) is 1.68. The molecule has 0 aliphatic rings. The van der Waals surface area contributed by atoms with E-state index in [-0.39, 0.29) is 5.43 Å². The van der Waals surface area contributed by atoms with Crippen LogP contribution >= 0.6 is 0 Å². The largest absolute Gasteiger partial charge is 0.444 e. The highest BCUT2D eigenvalue weighted by Gasteiger charge is 2.07. The maximum atomic E-state index is 11.5. The summed E-state index contributed by atoms with van der Waals surface area (Å²) in [5, 5.41) is 0.686. The van der Waals surface area contributed by atoms with Crippen LogP contribution in [0.1, 0.15) is 25.5 Å². The van der Waals surface area contributed by atoms with Crippen LogP contribution in [0.4, 0.5) is 0 Å². The van der Waals surface area contributed by atoms with E-state index < -0.39 is 0 Å². The van der Waals surface area contributed by atoms with Crippen molar-refractivity contribution >= 4 is 11.1 Å². The number of nitrogens with zero attached hydrogens (tertiary/aromatic N) is 1. The van der Waals surface area contributed by atoms with Crippen LogP contribution < -0.4 is 5.43 Å². The first-order valence-electron chi connectivity index (χ1n) is 5.30. The lowest BCUT2D eigenvalue weighted by Crippen LogP contribution is -2.02. The number of aromatic nitrogens is 1. The van der Waals surface area contributed by atoms with Crippen molar-refractivity contribution < 1.29 is 4.42 Å². The molecule has 2 heterocycles. The first kappa shape index (κ1) is 10.0. The Morgan fingerprint density at radius 3 is 2.93 bits per heavy atom. The van der Waals surface area contributed by atoms with Crippen molar-refractivity contribution in [3.8, 4) is 0 Å². The standard InChI is InChI=1S/C12H15NO2/c1-3-4-5-9-8-10-11(14)6-7-13(2)12(10)15-9/h6-8H,3-5H2,1-2H3. The van der Waals surface area contributed by atoms with E-state index in [0.717, 1.165) is 25.0 Å². The molecule has 0 fully saturated rings. The number of aryl methyl sites for hydroxylation is 2. The molecule has 0 aliphatic heterocycles. The summed E-state index contributed by atoms with van der Waals surface area (Å²) in [7, 11) is 1.88. The summed E-state index contributed by atoms with van der Waals surface area (Å²) < 4.78 is 7.48. The van der Waals surface area contributed by atoms with E-state index in [2.05, 4.69) is 6.92 Å². The Labute approximate surface area is 88.3 Å². The second-order valence-corrected chi connectivity index (χ2v) is 3.83. The molecule has 0 saturated heterocycles. The predicted octanol–water partition coefficient (Wildman–Crippen LogP) is 2.47. The van der Waals surface area contributed by atoms with Crippen LogP contribution in [0, 0.1) is 0 Å². The molecule has 3 nitrogen and oxygen atoms in total. The molecular formula is C12H15NO2. The minimum absolute atomic E-state index is 0.0367. The van der Waals surface area contributed by atoms with Gasteiger partial charge in [0.1, 0.15) is 5.76 Å². The second-order valence-electron chi connectivity index (χ2n) is 3.83. The molecule has 0 bridgehead atoms. The van der Waals surface area contributed by atoms with Crippen LogP contribution in [-0.4, -0.2) is 4.57 Å². The Hall–Kier alpha value is -1.51. The number of hydrogen-bond acceptors (Lipinski definition) is 2. The van der Waals surface area contributed by atoms with Crippen molar-refractivity contribution in [1.82, 2.24) is 4.57 Å². The smallest absolute Gasteiger partial charge is 0.210 e. The Morgan fingerprint density at radius 2 is 2.27 bits per heavy atom. The van der Waals surface area contributed by atoms with Crippen LogP contribution in [0.25, 0.3) is 11.1 Å². The van der Waals surface area contributed by atoms with E-state index in [1.54, 1.807) is 12.3 Å².